The smallest absolute Gasteiger partial charge is 0.222 e. The number of rotatable bonds is 3. The Morgan fingerprint density at radius 2 is 2.12 bits per heavy atom. The van der Waals surface area contributed by atoms with Crippen LogP contribution in [0.1, 0.15) is 32.1 Å². The lowest BCUT2D eigenvalue weighted by atomic mass is 9.89. The standard InChI is InChI=1S/C12H19FN4/c1-17(8-9-5-3-2-4-6-9)11-10(13)7-15-12(14)16-11/h7,9H,2-6,8H2,1H3,(H2,14,15,16). The average molecular weight is 238 g/mol. The van der Waals surface area contributed by atoms with E-state index >= 15 is 0 Å². The van der Waals surface area contributed by atoms with Crippen molar-refractivity contribution in [3.05, 3.63) is 12.0 Å². The second kappa shape index (κ2) is 5.29. The molecule has 1 saturated carbocycles. The molecule has 0 atom stereocenters. The molecule has 1 heterocycles. The third kappa shape index (κ3) is 3.05. The van der Waals surface area contributed by atoms with Crippen LogP contribution in [0.2, 0.25) is 0 Å². The summed E-state index contributed by atoms with van der Waals surface area (Å²) >= 11 is 0. The number of nitrogens with zero attached hydrogens (tertiary/aromatic N) is 3. The minimum Gasteiger partial charge on any atom is -0.368 e. The van der Waals surface area contributed by atoms with E-state index in [9.17, 15) is 4.39 Å². The first kappa shape index (κ1) is 12.1. The number of nitrogens with two attached hydrogens (primary N) is 1. The third-order valence-corrected chi connectivity index (χ3v) is 3.36. The summed E-state index contributed by atoms with van der Waals surface area (Å²) in [6, 6.07) is 0. The van der Waals surface area contributed by atoms with E-state index in [0.29, 0.717) is 11.7 Å². The molecule has 0 spiro atoms. The van der Waals surface area contributed by atoms with Crippen molar-refractivity contribution in [1.29, 1.82) is 0 Å². The highest BCUT2D eigenvalue weighted by Gasteiger charge is 2.18. The quantitative estimate of drug-likeness (QED) is 0.877. The van der Waals surface area contributed by atoms with Crippen LogP contribution in [0.4, 0.5) is 16.2 Å². The Morgan fingerprint density at radius 3 is 2.82 bits per heavy atom. The molecule has 0 aromatic carbocycles. The molecule has 0 radical (unpaired) electrons. The summed E-state index contributed by atoms with van der Waals surface area (Å²) in [5.41, 5.74) is 5.48. The summed E-state index contributed by atoms with van der Waals surface area (Å²) in [7, 11) is 1.86. The Labute approximate surface area is 101 Å². The van der Waals surface area contributed by atoms with Gasteiger partial charge in [-0.2, -0.15) is 4.98 Å². The summed E-state index contributed by atoms with van der Waals surface area (Å²) < 4.78 is 13.6. The molecular weight excluding hydrogens is 219 g/mol. The number of hydrogen-bond acceptors (Lipinski definition) is 4. The van der Waals surface area contributed by atoms with Crippen LogP contribution in [0.25, 0.3) is 0 Å². The van der Waals surface area contributed by atoms with Crippen molar-refractivity contribution in [2.75, 3.05) is 24.2 Å². The van der Waals surface area contributed by atoms with Crippen molar-refractivity contribution in [1.82, 2.24) is 9.97 Å². The molecule has 2 N–H and O–H groups in total. The van der Waals surface area contributed by atoms with Gasteiger partial charge in [-0.1, -0.05) is 19.3 Å². The van der Waals surface area contributed by atoms with Gasteiger partial charge in [-0.25, -0.2) is 9.37 Å². The molecule has 0 unspecified atom stereocenters. The van der Waals surface area contributed by atoms with Crippen LogP contribution in [0, 0.1) is 11.7 Å². The first-order valence-corrected chi connectivity index (χ1v) is 6.16. The molecule has 17 heavy (non-hydrogen) atoms. The van der Waals surface area contributed by atoms with E-state index in [-0.39, 0.29) is 5.95 Å². The van der Waals surface area contributed by atoms with Crippen LogP contribution in [0.3, 0.4) is 0 Å². The third-order valence-electron chi connectivity index (χ3n) is 3.36. The van der Waals surface area contributed by atoms with E-state index in [1.54, 1.807) is 0 Å². The van der Waals surface area contributed by atoms with Gasteiger partial charge in [0.25, 0.3) is 0 Å². The summed E-state index contributed by atoms with van der Waals surface area (Å²) in [6.07, 6.45) is 7.49. The molecule has 1 aromatic heterocycles. The molecule has 0 aliphatic heterocycles. The van der Waals surface area contributed by atoms with Crippen molar-refractivity contribution in [2.45, 2.75) is 32.1 Å². The van der Waals surface area contributed by atoms with Gasteiger partial charge in [0.15, 0.2) is 11.6 Å². The first-order valence-electron chi connectivity index (χ1n) is 6.16. The maximum absolute atomic E-state index is 13.6. The maximum atomic E-state index is 13.6. The molecular formula is C12H19FN4. The van der Waals surface area contributed by atoms with Crippen LogP contribution >= 0.6 is 0 Å². The van der Waals surface area contributed by atoms with Crippen molar-refractivity contribution < 1.29 is 4.39 Å². The van der Waals surface area contributed by atoms with E-state index in [4.69, 9.17) is 5.73 Å². The normalized spacial score (nSPS) is 17.1. The highest BCUT2D eigenvalue weighted by molar-refractivity contribution is 5.41. The Hall–Kier alpha value is -1.39. The number of aromatic nitrogens is 2. The SMILES string of the molecule is CN(CC1CCCCC1)c1nc(N)ncc1F. The van der Waals surface area contributed by atoms with Crippen molar-refractivity contribution in [2.24, 2.45) is 5.92 Å². The Kier molecular flexibility index (Phi) is 3.76. The van der Waals surface area contributed by atoms with Gasteiger partial charge in [0.2, 0.25) is 5.95 Å². The lowest BCUT2D eigenvalue weighted by Gasteiger charge is -2.27. The summed E-state index contributed by atoms with van der Waals surface area (Å²) in [6.45, 7) is 0.841. The van der Waals surface area contributed by atoms with Gasteiger partial charge in [0.05, 0.1) is 6.20 Å². The minimum absolute atomic E-state index is 0.122. The van der Waals surface area contributed by atoms with Gasteiger partial charge in [-0.3, -0.25) is 0 Å². The fourth-order valence-corrected chi connectivity index (χ4v) is 2.48. The molecule has 94 valence electrons. The van der Waals surface area contributed by atoms with Gasteiger partial charge in [0.1, 0.15) is 0 Å². The van der Waals surface area contributed by atoms with Crippen LogP contribution in [-0.2, 0) is 0 Å². The molecule has 1 fully saturated rings. The van der Waals surface area contributed by atoms with E-state index in [0.717, 1.165) is 12.7 Å². The molecule has 1 aliphatic rings. The molecule has 4 nitrogen and oxygen atoms in total. The Bertz CT molecular complexity index is 377. The van der Waals surface area contributed by atoms with Crippen molar-refractivity contribution in [3.63, 3.8) is 0 Å². The first-order chi connectivity index (χ1) is 8.16. The second-order valence-electron chi connectivity index (χ2n) is 4.78. The van der Waals surface area contributed by atoms with Crippen molar-refractivity contribution in [3.8, 4) is 0 Å². The van der Waals surface area contributed by atoms with Gasteiger partial charge < -0.3 is 10.6 Å². The summed E-state index contributed by atoms with van der Waals surface area (Å²) in [4.78, 5) is 9.44. The Balaban J connectivity index is 2.02. The van der Waals surface area contributed by atoms with E-state index in [1.165, 1.54) is 32.1 Å². The average Bonchev–Trinajstić information content (AvgIpc) is 2.33. The minimum atomic E-state index is -0.405. The number of nitrogen functional groups attached to an aromatic ring is 1. The van der Waals surface area contributed by atoms with Crippen molar-refractivity contribution >= 4 is 11.8 Å². The number of halogens is 1. The largest absolute Gasteiger partial charge is 0.368 e. The fraction of sp³-hybridized carbons (Fsp3) is 0.667. The zero-order valence-corrected chi connectivity index (χ0v) is 10.2. The van der Waals surface area contributed by atoms with E-state index in [1.807, 2.05) is 11.9 Å². The topological polar surface area (TPSA) is 55.0 Å². The van der Waals surface area contributed by atoms with Crippen LogP contribution in [0.5, 0.6) is 0 Å². The Morgan fingerprint density at radius 1 is 1.41 bits per heavy atom. The summed E-state index contributed by atoms with van der Waals surface area (Å²) in [5, 5.41) is 0. The predicted octanol–water partition coefficient (Wildman–Crippen LogP) is 2.21. The number of anilines is 2. The molecule has 2 rings (SSSR count). The van der Waals surface area contributed by atoms with Gasteiger partial charge >= 0.3 is 0 Å². The molecule has 5 heteroatoms. The predicted molar refractivity (Wildman–Crippen MR) is 66.2 cm³/mol. The number of hydrogen-bond donors (Lipinski definition) is 1. The molecule has 1 aliphatic carbocycles. The summed E-state index contributed by atoms with van der Waals surface area (Å²) in [5.74, 6) is 0.668. The molecule has 0 bridgehead atoms. The monoisotopic (exact) mass is 238 g/mol. The van der Waals surface area contributed by atoms with Crippen LogP contribution < -0.4 is 10.6 Å². The van der Waals surface area contributed by atoms with E-state index in [2.05, 4.69) is 9.97 Å². The zero-order chi connectivity index (χ0) is 12.3. The lowest BCUT2D eigenvalue weighted by molar-refractivity contribution is 0.360. The molecule has 0 saturated heterocycles. The second-order valence-corrected chi connectivity index (χ2v) is 4.78. The zero-order valence-electron chi connectivity index (χ0n) is 10.2. The van der Waals surface area contributed by atoms with Gasteiger partial charge in [-0.15, -0.1) is 0 Å². The van der Waals surface area contributed by atoms with Gasteiger partial charge in [0, 0.05) is 13.6 Å². The molecule has 0 amide bonds. The van der Waals surface area contributed by atoms with Gasteiger partial charge in [-0.05, 0) is 18.8 Å². The maximum Gasteiger partial charge on any atom is 0.222 e. The van der Waals surface area contributed by atoms with Crippen LogP contribution in [-0.4, -0.2) is 23.6 Å². The lowest BCUT2D eigenvalue weighted by Crippen LogP contribution is -2.28. The highest BCUT2D eigenvalue weighted by atomic mass is 19.1. The highest BCUT2D eigenvalue weighted by Crippen LogP contribution is 2.26. The molecule has 1 aromatic rings. The van der Waals surface area contributed by atoms with E-state index < -0.39 is 5.82 Å². The van der Waals surface area contributed by atoms with Crippen LogP contribution in [0.15, 0.2) is 6.20 Å². The fourth-order valence-electron chi connectivity index (χ4n) is 2.48.